The van der Waals surface area contributed by atoms with Crippen molar-refractivity contribution in [2.24, 2.45) is 5.92 Å². The summed E-state index contributed by atoms with van der Waals surface area (Å²) >= 11 is 0. The van der Waals surface area contributed by atoms with Crippen molar-refractivity contribution in [1.82, 2.24) is 9.88 Å². The van der Waals surface area contributed by atoms with Gasteiger partial charge in [-0.2, -0.15) is 0 Å². The van der Waals surface area contributed by atoms with Gasteiger partial charge in [0.25, 0.3) is 0 Å². The van der Waals surface area contributed by atoms with Crippen molar-refractivity contribution in [3.8, 4) is 0 Å². The standard InChI is InChI=1S/C16H24N2O5/c1-21-9-8-18(15(19)12-6-4-3-5-7-12)10-14-17-13(11-23-14)16(20)22-2/h11-12H,3-10H2,1-2H3. The van der Waals surface area contributed by atoms with Crippen LogP contribution in [0.2, 0.25) is 0 Å². The summed E-state index contributed by atoms with van der Waals surface area (Å²) < 4.78 is 15.0. The number of hydrogen-bond acceptors (Lipinski definition) is 6. The van der Waals surface area contributed by atoms with E-state index < -0.39 is 5.97 Å². The average molecular weight is 324 g/mol. The molecule has 1 heterocycles. The van der Waals surface area contributed by atoms with E-state index >= 15 is 0 Å². The molecule has 2 rings (SSSR count). The van der Waals surface area contributed by atoms with Crippen LogP contribution in [0.4, 0.5) is 0 Å². The molecule has 0 unspecified atom stereocenters. The fourth-order valence-electron chi connectivity index (χ4n) is 2.82. The molecule has 0 spiro atoms. The molecular formula is C16H24N2O5. The lowest BCUT2D eigenvalue weighted by Crippen LogP contribution is -2.38. The summed E-state index contributed by atoms with van der Waals surface area (Å²) in [5.74, 6) is -0.0528. The molecule has 0 atom stereocenters. The quantitative estimate of drug-likeness (QED) is 0.714. The topological polar surface area (TPSA) is 81.9 Å². The molecule has 0 aliphatic heterocycles. The number of ether oxygens (including phenoxy) is 2. The number of methoxy groups -OCH3 is 2. The van der Waals surface area contributed by atoms with Crippen molar-refractivity contribution >= 4 is 11.9 Å². The molecule has 1 amide bonds. The monoisotopic (exact) mass is 324 g/mol. The molecule has 23 heavy (non-hydrogen) atoms. The minimum atomic E-state index is -0.554. The second kappa shape index (κ2) is 8.67. The number of carbonyl (C=O) groups is 2. The van der Waals surface area contributed by atoms with Gasteiger partial charge in [-0.25, -0.2) is 9.78 Å². The summed E-state index contributed by atoms with van der Waals surface area (Å²) in [7, 11) is 2.89. The zero-order chi connectivity index (χ0) is 16.7. The van der Waals surface area contributed by atoms with Crippen molar-refractivity contribution in [2.75, 3.05) is 27.4 Å². The lowest BCUT2D eigenvalue weighted by atomic mass is 9.88. The van der Waals surface area contributed by atoms with Crippen molar-refractivity contribution in [2.45, 2.75) is 38.6 Å². The maximum absolute atomic E-state index is 12.7. The Balaban J connectivity index is 2.03. The lowest BCUT2D eigenvalue weighted by molar-refractivity contribution is -0.138. The highest BCUT2D eigenvalue weighted by molar-refractivity contribution is 5.86. The number of carbonyl (C=O) groups excluding carboxylic acids is 2. The summed E-state index contributed by atoms with van der Waals surface area (Å²) in [6.45, 7) is 1.15. The third-order valence-electron chi connectivity index (χ3n) is 4.10. The molecule has 0 bridgehead atoms. The van der Waals surface area contributed by atoms with Gasteiger partial charge >= 0.3 is 5.97 Å². The Morgan fingerprint density at radius 3 is 2.70 bits per heavy atom. The third-order valence-corrected chi connectivity index (χ3v) is 4.10. The molecule has 128 valence electrons. The van der Waals surface area contributed by atoms with Crippen molar-refractivity contribution in [3.63, 3.8) is 0 Å². The van der Waals surface area contributed by atoms with Gasteiger partial charge in [-0.3, -0.25) is 4.79 Å². The zero-order valence-corrected chi connectivity index (χ0v) is 13.7. The van der Waals surface area contributed by atoms with Crippen molar-refractivity contribution < 1.29 is 23.5 Å². The Bertz CT molecular complexity index is 522. The second-order valence-corrected chi connectivity index (χ2v) is 5.71. The van der Waals surface area contributed by atoms with E-state index in [1.54, 1.807) is 12.0 Å². The van der Waals surface area contributed by atoms with Crippen LogP contribution in [0.3, 0.4) is 0 Å². The Morgan fingerprint density at radius 1 is 1.30 bits per heavy atom. The fraction of sp³-hybridized carbons (Fsp3) is 0.688. The van der Waals surface area contributed by atoms with Crippen LogP contribution < -0.4 is 0 Å². The van der Waals surface area contributed by atoms with Crippen molar-refractivity contribution in [1.29, 1.82) is 0 Å². The first kappa shape index (κ1) is 17.5. The maximum atomic E-state index is 12.7. The number of rotatable bonds is 7. The second-order valence-electron chi connectivity index (χ2n) is 5.71. The molecule has 0 aromatic carbocycles. The van der Waals surface area contributed by atoms with E-state index in [4.69, 9.17) is 9.15 Å². The molecule has 1 fully saturated rings. The fourth-order valence-corrected chi connectivity index (χ4v) is 2.82. The van der Waals surface area contributed by atoms with E-state index in [1.165, 1.54) is 19.8 Å². The number of hydrogen-bond donors (Lipinski definition) is 0. The minimum absolute atomic E-state index is 0.0654. The van der Waals surface area contributed by atoms with Gasteiger partial charge in [0.2, 0.25) is 11.8 Å². The van der Waals surface area contributed by atoms with Crippen LogP contribution in [-0.2, 0) is 20.8 Å². The SMILES string of the molecule is COCCN(Cc1nc(C(=O)OC)co1)C(=O)C1CCCCC1. The van der Waals surface area contributed by atoms with Crippen molar-refractivity contribution in [3.05, 3.63) is 17.8 Å². The van der Waals surface area contributed by atoms with Crippen LogP contribution in [0.1, 0.15) is 48.5 Å². The van der Waals surface area contributed by atoms with Gasteiger partial charge in [-0.05, 0) is 12.8 Å². The predicted molar refractivity (Wildman–Crippen MR) is 81.7 cm³/mol. The van der Waals surface area contributed by atoms with Gasteiger partial charge in [0.05, 0.1) is 20.3 Å². The number of esters is 1. The summed E-state index contributed by atoms with van der Waals surface area (Å²) in [6.07, 6.45) is 6.51. The largest absolute Gasteiger partial charge is 0.464 e. The molecule has 1 aromatic rings. The lowest BCUT2D eigenvalue weighted by Gasteiger charge is -2.28. The van der Waals surface area contributed by atoms with E-state index in [9.17, 15) is 9.59 Å². The number of amides is 1. The first-order valence-electron chi connectivity index (χ1n) is 7.96. The average Bonchev–Trinajstić information content (AvgIpc) is 3.06. The summed E-state index contributed by atoms with van der Waals surface area (Å²) in [5.41, 5.74) is 0.110. The van der Waals surface area contributed by atoms with Crippen LogP contribution in [0.15, 0.2) is 10.7 Å². The summed E-state index contributed by atoms with van der Waals surface area (Å²) in [6, 6.07) is 0. The highest BCUT2D eigenvalue weighted by Gasteiger charge is 2.27. The van der Waals surface area contributed by atoms with Crippen LogP contribution in [0.25, 0.3) is 0 Å². The smallest absolute Gasteiger partial charge is 0.360 e. The zero-order valence-electron chi connectivity index (χ0n) is 13.7. The Morgan fingerprint density at radius 2 is 2.04 bits per heavy atom. The van der Waals surface area contributed by atoms with Gasteiger partial charge in [-0.1, -0.05) is 19.3 Å². The van der Waals surface area contributed by atoms with Crippen LogP contribution in [0.5, 0.6) is 0 Å². The molecule has 0 N–H and O–H groups in total. The van der Waals surface area contributed by atoms with E-state index in [0.29, 0.717) is 19.0 Å². The maximum Gasteiger partial charge on any atom is 0.360 e. The number of oxazole rings is 1. The van der Waals surface area contributed by atoms with Gasteiger partial charge < -0.3 is 18.8 Å². The number of aromatic nitrogens is 1. The predicted octanol–water partition coefficient (Wildman–Crippen LogP) is 2.02. The van der Waals surface area contributed by atoms with Crippen LogP contribution in [-0.4, -0.2) is 49.1 Å². The molecule has 1 saturated carbocycles. The molecule has 1 aliphatic rings. The highest BCUT2D eigenvalue weighted by atomic mass is 16.5. The normalized spacial score (nSPS) is 15.4. The van der Waals surface area contributed by atoms with Gasteiger partial charge in [0.1, 0.15) is 6.26 Å². The Hall–Kier alpha value is -1.89. The molecule has 1 aromatic heterocycles. The number of nitrogens with zero attached hydrogens (tertiary/aromatic N) is 2. The molecular weight excluding hydrogens is 300 g/mol. The Labute approximate surface area is 135 Å². The summed E-state index contributed by atoms with van der Waals surface area (Å²) in [5, 5.41) is 0. The molecule has 0 saturated heterocycles. The molecule has 1 aliphatic carbocycles. The van der Waals surface area contributed by atoms with Crippen LogP contribution >= 0.6 is 0 Å². The third kappa shape index (κ3) is 4.79. The van der Waals surface area contributed by atoms with Gasteiger partial charge in [-0.15, -0.1) is 0 Å². The van der Waals surface area contributed by atoms with Crippen LogP contribution in [0, 0.1) is 5.92 Å². The minimum Gasteiger partial charge on any atom is -0.464 e. The van der Waals surface area contributed by atoms with E-state index in [1.807, 2.05) is 0 Å². The van der Waals surface area contributed by atoms with Gasteiger partial charge in [0.15, 0.2) is 5.69 Å². The molecule has 0 radical (unpaired) electrons. The van der Waals surface area contributed by atoms with E-state index in [-0.39, 0.29) is 24.1 Å². The first-order chi connectivity index (χ1) is 11.2. The van der Waals surface area contributed by atoms with Gasteiger partial charge in [0, 0.05) is 19.6 Å². The van der Waals surface area contributed by atoms with E-state index in [2.05, 4.69) is 9.72 Å². The molecule has 7 nitrogen and oxygen atoms in total. The Kier molecular flexibility index (Phi) is 6.58. The first-order valence-corrected chi connectivity index (χ1v) is 7.96. The molecule has 7 heteroatoms. The highest BCUT2D eigenvalue weighted by Crippen LogP contribution is 2.26. The summed E-state index contributed by atoms with van der Waals surface area (Å²) in [4.78, 5) is 29.9. The van der Waals surface area contributed by atoms with E-state index in [0.717, 1.165) is 25.7 Å².